The second-order valence-electron chi connectivity index (χ2n) is 13.5. The number of carbonyl (C=O) groups is 2. The molecule has 2 aliphatic rings. The van der Waals surface area contributed by atoms with E-state index in [1.807, 2.05) is 0 Å². The Morgan fingerprint density at radius 1 is 0.620 bits per heavy atom. The zero-order valence-corrected chi connectivity index (χ0v) is 32.9. The van der Waals surface area contributed by atoms with Gasteiger partial charge < -0.3 is 20.0 Å². The van der Waals surface area contributed by atoms with Crippen molar-refractivity contribution < 1.29 is 19.8 Å². The summed E-state index contributed by atoms with van der Waals surface area (Å²) in [5.74, 6) is -1.69. The van der Waals surface area contributed by atoms with Crippen LogP contribution in [0.5, 0.6) is 0 Å². The van der Waals surface area contributed by atoms with Crippen LogP contribution in [-0.2, 0) is 9.59 Å². The van der Waals surface area contributed by atoms with Gasteiger partial charge >= 0.3 is 11.9 Å². The number of nitrogens with zero attached hydrogens (tertiary/aromatic N) is 2. The highest BCUT2D eigenvalue weighted by Crippen LogP contribution is 2.37. The molecule has 0 spiro atoms. The molecule has 50 heavy (non-hydrogen) atoms. The lowest BCUT2D eigenvalue weighted by atomic mass is 9.98. The van der Waals surface area contributed by atoms with Crippen LogP contribution in [0.25, 0.3) is 11.1 Å². The Balaban J connectivity index is 0.000000194. The molecule has 0 amide bonds. The molecule has 0 aliphatic carbocycles. The first-order chi connectivity index (χ1) is 24.1. The van der Waals surface area contributed by atoms with Crippen LogP contribution < -0.4 is 0 Å². The van der Waals surface area contributed by atoms with Gasteiger partial charge in [0.1, 0.15) is 0 Å². The van der Waals surface area contributed by atoms with E-state index in [-0.39, 0.29) is 11.8 Å². The van der Waals surface area contributed by atoms with Gasteiger partial charge in [0.2, 0.25) is 0 Å². The van der Waals surface area contributed by atoms with E-state index in [1.54, 1.807) is 45.3 Å². The largest absolute Gasteiger partial charge is 0.481 e. The van der Waals surface area contributed by atoms with Crippen molar-refractivity contribution in [1.29, 1.82) is 0 Å². The fourth-order valence-electron chi connectivity index (χ4n) is 6.87. The number of piperidine rings is 2. The average Bonchev–Trinajstić information content (AvgIpc) is 3.92. The lowest BCUT2D eigenvalue weighted by Crippen LogP contribution is -2.39. The van der Waals surface area contributed by atoms with E-state index in [4.69, 9.17) is 0 Å². The normalized spacial score (nSPS) is 18.2. The molecule has 0 radical (unpaired) electrons. The zero-order valence-electron chi connectivity index (χ0n) is 29.7. The lowest BCUT2D eigenvalue weighted by Gasteiger charge is -2.30. The van der Waals surface area contributed by atoms with Gasteiger partial charge in [0.15, 0.2) is 0 Å². The van der Waals surface area contributed by atoms with Crippen molar-refractivity contribution >= 4 is 68.4 Å². The maximum absolute atomic E-state index is 11.2. The van der Waals surface area contributed by atoms with Crippen molar-refractivity contribution in [3.05, 3.63) is 99.7 Å². The van der Waals surface area contributed by atoms with E-state index in [2.05, 4.69) is 95.4 Å². The zero-order chi connectivity index (χ0) is 35.6. The Hall–Kier alpha value is -2.86. The van der Waals surface area contributed by atoms with Crippen LogP contribution in [0, 0.1) is 39.5 Å². The van der Waals surface area contributed by atoms with E-state index < -0.39 is 11.9 Å². The quantitative estimate of drug-likeness (QED) is 0.150. The number of rotatable bonds is 12. The van der Waals surface area contributed by atoms with E-state index in [9.17, 15) is 19.8 Å². The Labute approximate surface area is 313 Å². The Morgan fingerprint density at radius 3 is 1.20 bits per heavy atom. The van der Waals surface area contributed by atoms with Crippen LogP contribution in [0.4, 0.5) is 0 Å². The number of hydrogen-bond donors (Lipinski definition) is 2. The fraction of sp³-hybridized carbons (Fsp3) is 0.450. The fourth-order valence-corrected chi connectivity index (χ4v) is 10.9. The topological polar surface area (TPSA) is 81.1 Å². The molecule has 10 heteroatoms. The second-order valence-corrected chi connectivity index (χ2v) is 17.2. The summed E-state index contributed by atoms with van der Waals surface area (Å²) in [6.07, 6.45) is 10.2. The number of likely N-dealkylation sites (tertiary alicyclic amines) is 2. The molecule has 2 aliphatic heterocycles. The molecule has 4 aromatic heterocycles. The van der Waals surface area contributed by atoms with Gasteiger partial charge in [0.05, 0.1) is 11.8 Å². The van der Waals surface area contributed by atoms with E-state index in [0.29, 0.717) is 13.1 Å². The molecule has 0 saturated carbocycles. The van der Waals surface area contributed by atoms with E-state index in [1.165, 1.54) is 52.9 Å². The van der Waals surface area contributed by atoms with Crippen molar-refractivity contribution in [3.8, 4) is 0 Å². The van der Waals surface area contributed by atoms with Crippen LogP contribution in [0.1, 0.15) is 80.3 Å². The number of aliphatic carboxylic acids is 2. The Kier molecular flexibility index (Phi) is 14.3. The van der Waals surface area contributed by atoms with Gasteiger partial charge in [0.25, 0.3) is 0 Å². The molecule has 0 unspecified atom stereocenters. The summed E-state index contributed by atoms with van der Waals surface area (Å²) in [5.41, 5.74) is 7.99. The minimum atomic E-state index is -0.649. The van der Waals surface area contributed by atoms with Gasteiger partial charge in [-0.05, 0) is 147 Å². The molecule has 0 aromatic carbocycles. The van der Waals surface area contributed by atoms with Crippen LogP contribution >= 0.6 is 45.3 Å². The van der Waals surface area contributed by atoms with Crippen LogP contribution in [-0.4, -0.2) is 71.2 Å². The minimum absolute atomic E-state index is 0.198. The van der Waals surface area contributed by atoms with Crippen LogP contribution in [0.15, 0.2) is 57.9 Å². The number of aryl methyl sites for hydroxylation is 4. The van der Waals surface area contributed by atoms with Crippen molar-refractivity contribution in [2.75, 3.05) is 39.3 Å². The highest BCUT2D eigenvalue weighted by molar-refractivity contribution is 7.14. The van der Waals surface area contributed by atoms with Gasteiger partial charge in [-0.3, -0.25) is 9.59 Å². The first-order valence-corrected chi connectivity index (χ1v) is 21.1. The molecular weight excluding hydrogens is 701 g/mol. The molecule has 6 nitrogen and oxygen atoms in total. The maximum Gasteiger partial charge on any atom is 0.307 e. The highest BCUT2D eigenvalue weighted by Gasteiger charge is 2.26. The predicted molar refractivity (Wildman–Crippen MR) is 213 cm³/mol. The molecule has 6 rings (SSSR count). The SMILES string of the molecule is Cc1ccsc1C(=CCCN1CCC[C@@H](C(=O)O)C1)c1sccc1C.Cc1ccsc1C(=CCCN1CCC[C@@H](C(=O)O)C1)c1sccc1C. The summed E-state index contributed by atoms with van der Waals surface area (Å²) >= 11 is 7.21. The van der Waals surface area contributed by atoms with Gasteiger partial charge in [0, 0.05) is 56.8 Å². The van der Waals surface area contributed by atoms with Gasteiger partial charge in [-0.15, -0.1) is 45.3 Å². The second kappa shape index (κ2) is 18.6. The molecule has 2 saturated heterocycles. The van der Waals surface area contributed by atoms with Crippen LogP contribution in [0.2, 0.25) is 0 Å². The van der Waals surface area contributed by atoms with Crippen molar-refractivity contribution in [3.63, 3.8) is 0 Å². The van der Waals surface area contributed by atoms with Crippen molar-refractivity contribution in [1.82, 2.24) is 9.80 Å². The first kappa shape index (κ1) is 38.4. The first-order valence-electron chi connectivity index (χ1n) is 17.6. The third kappa shape index (κ3) is 10.1. The monoisotopic (exact) mass is 750 g/mol. The third-order valence-electron chi connectivity index (χ3n) is 9.72. The Morgan fingerprint density at radius 2 is 0.940 bits per heavy atom. The number of carboxylic acid groups (broad SMARTS) is 2. The molecule has 2 N–H and O–H groups in total. The molecule has 4 aromatic rings. The number of thiophene rings is 4. The van der Waals surface area contributed by atoms with Crippen molar-refractivity contribution in [2.45, 2.75) is 66.2 Å². The number of hydrogen-bond acceptors (Lipinski definition) is 8. The summed E-state index contributed by atoms with van der Waals surface area (Å²) in [4.78, 5) is 32.5. The predicted octanol–water partition coefficient (Wildman–Crippen LogP) is 10.1. The summed E-state index contributed by atoms with van der Waals surface area (Å²) in [5, 5.41) is 27.1. The van der Waals surface area contributed by atoms with Crippen LogP contribution in [0.3, 0.4) is 0 Å². The van der Waals surface area contributed by atoms with Gasteiger partial charge in [-0.25, -0.2) is 0 Å². The standard InChI is InChI=1S/2C20H25NO2S2/c2*1-14-7-11-24-18(14)17(19-15(2)8-12-25-19)6-4-10-21-9-3-5-16(13-21)20(22)23/h2*6-8,11-12,16H,3-5,9-10,13H2,1-2H3,(H,22,23)/t2*16-/m11/s1. The van der Waals surface area contributed by atoms with E-state index in [0.717, 1.165) is 64.7 Å². The smallest absolute Gasteiger partial charge is 0.307 e. The summed E-state index contributed by atoms with van der Waals surface area (Å²) in [7, 11) is 0. The minimum Gasteiger partial charge on any atom is -0.481 e. The average molecular weight is 751 g/mol. The summed E-state index contributed by atoms with van der Waals surface area (Å²) < 4.78 is 0. The molecular formula is C40H50N2O4S4. The third-order valence-corrected chi connectivity index (χ3v) is 13.9. The number of carboxylic acids is 2. The molecule has 268 valence electrons. The van der Waals surface area contributed by atoms with E-state index >= 15 is 0 Å². The van der Waals surface area contributed by atoms with Crippen molar-refractivity contribution in [2.24, 2.45) is 11.8 Å². The summed E-state index contributed by atoms with van der Waals surface area (Å²) in [6, 6.07) is 8.72. The highest BCUT2D eigenvalue weighted by atomic mass is 32.1. The maximum atomic E-state index is 11.2. The summed E-state index contributed by atoms with van der Waals surface area (Å²) in [6.45, 7) is 14.0. The molecule has 0 bridgehead atoms. The molecule has 6 heterocycles. The molecule has 2 fully saturated rings. The lowest BCUT2D eigenvalue weighted by molar-refractivity contribution is -0.144. The molecule has 2 atom stereocenters. The van der Waals surface area contributed by atoms with Gasteiger partial charge in [-0.2, -0.15) is 0 Å². The van der Waals surface area contributed by atoms with Gasteiger partial charge in [-0.1, -0.05) is 12.2 Å². The Bertz CT molecular complexity index is 1560.